The Balaban J connectivity index is 1.46. The molecule has 4 aromatic rings. The number of carbonyl (C=O) groups excluding carboxylic acids is 2. The molecule has 2 amide bonds. The van der Waals surface area contributed by atoms with Crippen LogP contribution in [-0.4, -0.2) is 55.9 Å². The molecule has 0 saturated heterocycles. The maximum Gasteiger partial charge on any atom is 0.412 e. The highest BCUT2D eigenvalue weighted by Gasteiger charge is 2.25. The molecule has 0 aliphatic rings. The fourth-order valence-corrected chi connectivity index (χ4v) is 4.00. The lowest BCUT2D eigenvalue weighted by atomic mass is 10.0. The highest BCUT2D eigenvalue weighted by molar-refractivity contribution is 6.05. The first kappa shape index (κ1) is 31.3. The number of carboxylic acids is 2. The van der Waals surface area contributed by atoms with Gasteiger partial charge in [-0.2, -0.15) is 4.98 Å². The first-order valence-electron chi connectivity index (χ1n) is 13.0. The number of rotatable bonds is 9. The van der Waals surface area contributed by atoms with Gasteiger partial charge in [0.2, 0.25) is 5.82 Å². The molecule has 1 aromatic heterocycles. The number of amides is 2. The van der Waals surface area contributed by atoms with E-state index in [4.69, 9.17) is 9.26 Å². The minimum absolute atomic E-state index is 0.0475. The van der Waals surface area contributed by atoms with Crippen LogP contribution in [0.3, 0.4) is 0 Å². The van der Waals surface area contributed by atoms with Crippen LogP contribution < -0.4 is 10.6 Å². The lowest BCUT2D eigenvalue weighted by Gasteiger charge is -2.19. The van der Waals surface area contributed by atoms with E-state index in [-0.39, 0.29) is 29.3 Å². The standard InChI is InChI=1S/C30H26F2N4O8/c1-30(2,3)43-29(42)33-18-8-5-16(6-9-18)26-35-24(36-44-26)20-10-4-15(12-22(20)32)13-23(28(40)41)34-25(37)21-14-17(31)7-11-19(21)27(38)39/h4-12,14,23H,13H2,1-3H3,(H,33,42)(H,34,37)(H,38,39)(H,40,41). The lowest BCUT2D eigenvalue weighted by molar-refractivity contribution is -0.139. The summed E-state index contributed by atoms with van der Waals surface area (Å²) in [6, 6.07) is 11.0. The van der Waals surface area contributed by atoms with E-state index >= 15 is 4.39 Å². The van der Waals surface area contributed by atoms with E-state index in [1.807, 2.05) is 0 Å². The van der Waals surface area contributed by atoms with Gasteiger partial charge in [-0.3, -0.25) is 10.1 Å². The summed E-state index contributed by atoms with van der Waals surface area (Å²) in [4.78, 5) is 52.1. The van der Waals surface area contributed by atoms with E-state index < -0.39 is 58.3 Å². The van der Waals surface area contributed by atoms with Gasteiger partial charge in [0.15, 0.2) is 0 Å². The van der Waals surface area contributed by atoms with Crippen molar-refractivity contribution < 1.29 is 47.4 Å². The Morgan fingerprint density at radius 3 is 2.27 bits per heavy atom. The molecule has 14 heteroatoms. The second-order valence-corrected chi connectivity index (χ2v) is 10.5. The Hall–Kier alpha value is -5.66. The maximum atomic E-state index is 15.1. The molecule has 44 heavy (non-hydrogen) atoms. The molecule has 0 aliphatic carbocycles. The normalized spacial score (nSPS) is 11.8. The number of nitrogens with one attached hydrogen (secondary N) is 2. The zero-order valence-electron chi connectivity index (χ0n) is 23.6. The SMILES string of the molecule is CC(C)(C)OC(=O)Nc1ccc(-c2nc(-c3ccc(CC(NC(=O)c4cc(F)ccc4C(=O)O)C(=O)O)cc3F)no2)cc1. The summed E-state index contributed by atoms with van der Waals surface area (Å²) in [6.45, 7) is 5.22. The van der Waals surface area contributed by atoms with Crippen LogP contribution in [0.15, 0.2) is 65.2 Å². The summed E-state index contributed by atoms with van der Waals surface area (Å²) >= 11 is 0. The first-order chi connectivity index (χ1) is 20.7. The van der Waals surface area contributed by atoms with Crippen molar-refractivity contribution in [2.75, 3.05) is 5.32 Å². The number of halogens is 2. The van der Waals surface area contributed by atoms with Gasteiger partial charge in [-0.15, -0.1) is 0 Å². The molecule has 4 N–H and O–H groups in total. The molecule has 0 spiro atoms. The molecule has 0 radical (unpaired) electrons. The summed E-state index contributed by atoms with van der Waals surface area (Å²) in [6.07, 6.45) is -1.00. The van der Waals surface area contributed by atoms with E-state index in [1.54, 1.807) is 45.0 Å². The molecule has 1 atom stereocenters. The van der Waals surface area contributed by atoms with Crippen molar-refractivity contribution in [1.82, 2.24) is 15.5 Å². The number of aromatic carboxylic acids is 1. The van der Waals surface area contributed by atoms with Crippen molar-refractivity contribution in [1.29, 1.82) is 0 Å². The third-order valence-electron chi connectivity index (χ3n) is 5.98. The van der Waals surface area contributed by atoms with Crippen molar-refractivity contribution in [3.05, 3.63) is 89.0 Å². The van der Waals surface area contributed by atoms with Gasteiger partial charge < -0.3 is 24.8 Å². The van der Waals surface area contributed by atoms with E-state index in [0.29, 0.717) is 17.3 Å². The van der Waals surface area contributed by atoms with E-state index in [2.05, 4.69) is 20.8 Å². The van der Waals surface area contributed by atoms with Gasteiger partial charge in [0, 0.05) is 17.7 Å². The van der Waals surface area contributed by atoms with Crippen LogP contribution in [-0.2, 0) is 16.0 Å². The van der Waals surface area contributed by atoms with Gasteiger partial charge in [0.1, 0.15) is 23.3 Å². The smallest absolute Gasteiger partial charge is 0.412 e. The molecular formula is C30H26F2N4O8. The van der Waals surface area contributed by atoms with Gasteiger partial charge in [-0.25, -0.2) is 23.2 Å². The molecule has 228 valence electrons. The number of aromatic nitrogens is 2. The minimum atomic E-state index is -1.60. The molecule has 0 aliphatic heterocycles. The summed E-state index contributed by atoms with van der Waals surface area (Å²) in [5.74, 6) is -5.82. The number of aliphatic carboxylic acids is 1. The predicted molar refractivity (Wildman–Crippen MR) is 151 cm³/mol. The van der Waals surface area contributed by atoms with Crippen LogP contribution in [0.2, 0.25) is 0 Å². The van der Waals surface area contributed by atoms with Crippen molar-refractivity contribution in [3.8, 4) is 22.8 Å². The predicted octanol–water partition coefficient (Wildman–Crippen LogP) is 5.15. The van der Waals surface area contributed by atoms with E-state index in [0.717, 1.165) is 18.2 Å². The van der Waals surface area contributed by atoms with Gasteiger partial charge in [0.05, 0.1) is 16.7 Å². The Bertz CT molecular complexity index is 1730. The minimum Gasteiger partial charge on any atom is -0.480 e. The fraction of sp³-hybridized carbons (Fsp3) is 0.200. The molecule has 0 bridgehead atoms. The number of anilines is 1. The van der Waals surface area contributed by atoms with Crippen molar-refractivity contribution in [2.24, 2.45) is 0 Å². The number of carboxylic acid groups (broad SMARTS) is 2. The average Bonchev–Trinajstić information content (AvgIpc) is 3.41. The Morgan fingerprint density at radius 2 is 1.66 bits per heavy atom. The second-order valence-electron chi connectivity index (χ2n) is 10.5. The lowest BCUT2D eigenvalue weighted by Crippen LogP contribution is -2.42. The van der Waals surface area contributed by atoms with Crippen molar-refractivity contribution in [2.45, 2.75) is 38.8 Å². The summed E-state index contributed by atoms with van der Waals surface area (Å²) < 4.78 is 39.2. The molecule has 4 rings (SSSR count). The quantitative estimate of drug-likeness (QED) is 0.198. The summed E-state index contributed by atoms with van der Waals surface area (Å²) in [7, 11) is 0. The van der Waals surface area contributed by atoms with Crippen molar-refractivity contribution in [3.63, 3.8) is 0 Å². The molecule has 0 saturated carbocycles. The number of ether oxygens (including phenoxy) is 1. The summed E-state index contributed by atoms with van der Waals surface area (Å²) in [5, 5.41) is 27.5. The zero-order valence-corrected chi connectivity index (χ0v) is 23.6. The van der Waals surface area contributed by atoms with Gasteiger partial charge in [0.25, 0.3) is 11.8 Å². The highest BCUT2D eigenvalue weighted by Crippen LogP contribution is 2.26. The first-order valence-corrected chi connectivity index (χ1v) is 13.0. The molecule has 1 unspecified atom stereocenters. The van der Waals surface area contributed by atoms with Crippen LogP contribution in [0.1, 0.15) is 47.1 Å². The average molecular weight is 609 g/mol. The van der Waals surface area contributed by atoms with Crippen LogP contribution in [0, 0.1) is 11.6 Å². The van der Waals surface area contributed by atoms with Gasteiger partial charge in [-0.05, 0) is 80.9 Å². The monoisotopic (exact) mass is 608 g/mol. The highest BCUT2D eigenvalue weighted by atomic mass is 19.1. The fourth-order valence-electron chi connectivity index (χ4n) is 4.00. The Labute approximate surface area is 248 Å². The molecule has 1 heterocycles. The molecular weight excluding hydrogens is 582 g/mol. The maximum absolute atomic E-state index is 15.1. The van der Waals surface area contributed by atoms with Crippen LogP contribution >= 0.6 is 0 Å². The Morgan fingerprint density at radius 1 is 0.955 bits per heavy atom. The van der Waals surface area contributed by atoms with Crippen LogP contribution in [0.5, 0.6) is 0 Å². The number of hydrogen-bond donors (Lipinski definition) is 4. The van der Waals surface area contributed by atoms with E-state index in [1.165, 1.54) is 12.1 Å². The topological polar surface area (TPSA) is 181 Å². The molecule has 3 aromatic carbocycles. The van der Waals surface area contributed by atoms with Gasteiger partial charge >= 0.3 is 18.0 Å². The zero-order chi connectivity index (χ0) is 32.2. The number of carbonyl (C=O) groups is 4. The van der Waals surface area contributed by atoms with Gasteiger partial charge in [-0.1, -0.05) is 11.2 Å². The second kappa shape index (κ2) is 12.7. The number of nitrogens with zero attached hydrogens (tertiary/aromatic N) is 2. The largest absolute Gasteiger partial charge is 0.480 e. The van der Waals surface area contributed by atoms with Crippen molar-refractivity contribution >= 4 is 29.6 Å². The Kier molecular flexibility index (Phi) is 9.02. The van der Waals surface area contributed by atoms with E-state index in [9.17, 15) is 33.8 Å². The third-order valence-corrected chi connectivity index (χ3v) is 5.98. The summed E-state index contributed by atoms with van der Waals surface area (Å²) in [5.41, 5.74) is -0.673. The number of benzene rings is 3. The third kappa shape index (κ3) is 7.79. The molecule has 0 fully saturated rings. The van der Waals surface area contributed by atoms with Crippen LogP contribution in [0.4, 0.5) is 19.3 Å². The molecule has 12 nitrogen and oxygen atoms in total. The van der Waals surface area contributed by atoms with Crippen LogP contribution in [0.25, 0.3) is 22.8 Å². The number of hydrogen-bond acceptors (Lipinski definition) is 8.